The van der Waals surface area contributed by atoms with Crippen LogP contribution in [0.4, 0.5) is 0 Å². The number of amides is 1. The van der Waals surface area contributed by atoms with Gasteiger partial charge in [-0.05, 0) is 41.3 Å². The number of nitrogens with zero attached hydrogens (tertiary/aromatic N) is 1. The van der Waals surface area contributed by atoms with Gasteiger partial charge >= 0.3 is 5.97 Å². The van der Waals surface area contributed by atoms with Crippen LogP contribution in [-0.4, -0.2) is 34.5 Å². The molecule has 0 aliphatic carbocycles. The molecule has 1 aromatic heterocycles. The molecule has 1 aliphatic heterocycles. The van der Waals surface area contributed by atoms with Gasteiger partial charge in [-0.2, -0.15) is 0 Å². The lowest BCUT2D eigenvalue weighted by Gasteiger charge is -2.21. The summed E-state index contributed by atoms with van der Waals surface area (Å²) in [6.45, 7) is 0.573. The fraction of sp³-hybridized carbons (Fsp3) is 0.500. The van der Waals surface area contributed by atoms with Crippen molar-refractivity contribution in [1.82, 2.24) is 4.90 Å². The first-order valence-corrected chi connectivity index (χ1v) is 7.50. The van der Waals surface area contributed by atoms with Crippen LogP contribution in [0.5, 0.6) is 0 Å². The molecule has 0 aromatic carbocycles. The van der Waals surface area contributed by atoms with Crippen molar-refractivity contribution in [3.05, 3.63) is 20.8 Å². The molecule has 1 amide bonds. The molecule has 1 fully saturated rings. The minimum absolute atomic E-state index is 0.0515. The Morgan fingerprint density at radius 3 is 2.94 bits per heavy atom. The normalized spacial score (nSPS) is 19.2. The highest BCUT2D eigenvalue weighted by Gasteiger charge is 2.33. The van der Waals surface area contributed by atoms with Crippen LogP contribution in [0.1, 0.15) is 24.1 Å². The highest BCUT2D eigenvalue weighted by molar-refractivity contribution is 9.10. The van der Waals surface area contributed by atoms with E-state index in [-0.39, 0.29) is 5.91 Å². The average molecular weight is 332 g/mol. The first-order valence-electron chi connectivity index (χ1n) is 5.83. The highest BCUT2D eigenvalue weighted by Crippen LogP contribution is 2.23. The number of carbonyl (C=O) groups is 2. The molecule has 1 N–H and O–H groups in total. The number of thiophene rings is 1. The van der Waals surface area contributed by atoms with Gasteiger partial charge in [0.1, 0.15) is 6.04 Å². The second kappa shape index (κ2) is 5.84. The van der Waals surface area contributed by atoms with Gasteiger partial charge < -0.3 is 10.0 Å². The third-order valence-corrected chi connectivity index (χ3v) is 4.82. The van der Waals surface area contributed by atoms with E-state index in [0.717, 1.165) is 15.8 Å². The number of aliphatic carboxylic acids is 1. The van der Waals surface area contributed by atoms with Gasteiger partial charge in [-0.1, -0.05) is 0 Å². The number of carbonyl (C=O) groups excluding carboxylic acids is 1. The summed E-state index contributed by atoms with van der Waals surface area (Å²) in [6, 6.07) is 1.38. The van der Waals surface area contributed by atoms with Gasteiger partial charge in [0.15, 0.2) is 0 Å². The van der Waals surface area contributed by atoms with Crippen LogP contribution in [0.15, 0.2) is 15.9 Å². The largest absolute Gasteiger partial charge is 0.480 e. The van der Waals surface area contributed by atoms with E-state index in [0.29, 0.717) is 25.8 Å². The molecule has 0 radical (unpaired) electrons. The fourth-order valence-corrected chi connectivity index (χ4v) is 3.64. The SMILES string of the molecule is O=C(O)C1CCCN1C(=O)CCc1cc(Br)cs1. The lowest BCUT2D eigenvalue weighted by molar-refractivity contribution is -0.148. The van der Waals surface area contributed by atoms with E-state index in [1.165, 1.54) is 4.90 Å². The molecular weight excluding hydrogens is 318 g/mol. The number of hydrogen-bond donors (Lipinski definition) is 1. The second-order valence-electron chi connectivity index (χ2n) is 4.31. The van der Waals surface area contributed by atoms with Gasteiger partial charge in [-0.3, -0.25) is 4.79 Å². The fourth-order valence-electron chi connectivity index (χ4n) is 2.18. The summed E-state index contributed by atoms with van der Waals surface area (Å²) < 4.78 is 1.03. The molecule has 6 heteroatoms. The highest BCUT2D eigenvalue weighted by atomic mass is 79.9. The smallest absolute Gasteiger partial charge is 0.326 e. The molecular formula is C12H14BrNO3S. The molecule has 1 atom stereocenters. The van der Waals surface area contributed by atoms with Crippen LogP contribution < -0.4 is 0 Å². The van der Waals surface area contributed by atoms with Crippen LogP contribution in [-0.2, 0) is 16.0 Å². The van der Waals surface area contributed by atoms with E-state index in [4.69, 9.17) is 5.11 Å². The summed E-state index contributed by atoms with van der Waals surface area (Å²) >= 11 is 4.98. The minimum Gasteiger partial charge on any atom is -0.480 e. The Bertz CT molecular complexity index is 460. The van der Waals surface area contributed by atoms with Crippen LogP contribution in [0.2, 0.25) is 0 Å². The van der Waals surface area contributed by atoms with Crippen molar-refractivity contribution in [3.63, 3.8) is 0 Å². The summed E-state index contributed by atoms with van der Waals surface area (Å²) in [4.78, 5) is 25.6. The maximum atomic E-state index is 12.0. The van der Waals surface area contributed by atoms with Crippen molar-refractivity contribution >= 4 is 39.1 Å². The Kier molecular flexibility index (Phi) is 4.40. The van der Waals surface area contributed by atoms with E-state index in [1.807, 2.05) is 11.4 Å². The lowest BCUT2D eigenvalue weighted by Crippen LogP contribution is -2.40. The van der Waals surface area contributed by atoms with Crippen LogP contribution in [0.3, 0.4) is 0 Å². The van der Waals surface area contributed by atoms with Crippen molar-refractivity contribution in [2.24, 2.45) is 0 Å². The lowest BCUT2D eigenvalue weighted by atomic mass is 10.2. The average Bonchev–Trinajstić information content (AvgIpc) is 2.94. The van der Waals surface area contributed by atoms with Crippen molar-refractivity contribution in [3.8, 4) is 0 Å². The Morgan fingerprint density at radius 1 is 1.56 bits per heavy atom. The third-order valence-electron chi connectivity index (χ3n) is 3.07. The number of likely N-dealkylation sites (tertiary alicyclic amines) is 1. The van der Waals surface area contributed by atoms with Gasteiger partial charge in [-0.25, -0.2) is 4.79 Å². The Hall–Kier alpha value is -0.880. The summed E-state index contributed by atoms with van der Waals surface area (Å²) in [5, 5.41) is 11.0. The number of halogens is 1. The molecule has 4 nitrogen and oxygen atoms in total. The first-order chi connectivity index (χ1) is 8.58. The Balaban J connectivity index is 1.89. The van der Waals surface area contributed by atoms with Gasteiger partial charge in [0.05, 0.1) is 0 Å². The summed E-state index contributed by atoms with van der Waals surface area (Å²) in [7, 11) is 0. The van der Waals surface area contributed by atoms with E-state index in [9.17, 15) is 9.59 Å². The number of carboxylic acids is 1. The zero-order valence-electron chi connectivity index (χ0n) is 9.76. The van der Waals surface area contributed by atoms with Crippen LogP contribution >= 0.6 is 27.3 Å². The predicted molar refractivity (Wildman–Crippen MR) is 72.7 cm³/mol. The second-order valence-corrected chi connectivity index (χ2v) is 6.23. The van der Waals surface area contributed by atoms with Crippen molar-refractivity contribution in [2.45, 2.75) is 31.7 Å². The zero-order valence-corrected chi connectivity index (χ0v) is 12.2. The molecule has 0 saturated carbocycles. The summed E-state index contributed by atoms with van der Waals surface area (Å²) in [5.41, 5.74) is 0. The molecule has 1 saturated heterocycles. The van der Waals surface area contributed by atoms with E-state index in [2.05, 4.69) is 15.9 Å². The topological polar surface area (TPSA) is 57.6 Å². The Labute approximate surface area is 118 Å². The summed E-state index contributed by atoms with van der Waals surface area (Å²) in [5.74, 6) is -0.941. The first kappa shape index (κ1) is 13.5. The van der Waals surface area contributed by atoms with Gasteiger partial charge in [0.2, 0.25) is 5.91 Å². The molecule has 1 aliphatic rings. The zero-order chi connectivity index (χ0) is 13.1. The molecule has 0 spiro atoms. The van der Waals surface area contributed by atoms with E-state index < -0.39 is 12.0 Å². The molecule has 2 heterocycles. The minimum atomic E-state index is -0.889. The molecule has 0 bridgehead atoms. The number of rotatable bonds is 4. The number of aryl methyl sites for hydroxylation is 1. The van der Waals surface area contributed by atoms with Crippen LogP contribution in [0.25, 0.3) is 0 Å². The van der Waals surface area contributed by atoms with Crippen molar-refractivity contribution in [2.75, 3.05) is 6.54 Å². The maximum absolute atomic E-state index is 12.0. The van der Waals surface area contributed by atoms with Gasteiger partial charge in [0.25, 0.3) is 0 Å². The predicted octanol–water partition coefficient (Wildman–Crippen LogP) is 2.52. The third kappa shape index (κ3) is 3.11. The quantitative estimate of drug-likeness (QED) is 0.922. The molecule has 2 rings (SSSR count). The van der Waals surface area contributed by atoms with E-state index in [1.54, 1.807) is 11.3 Å². The monoisotopic (exact) mass is 331 g/mol. The number of carboxylic acid groups (broad SMARTS) is 1. The molecule has 1 unspecified atom stereocenters. The number of hydrogen-bond acceptors (Lipinski definition) is 3. The standard InChI is InChI=1S/C12H14BrNO3S/c13-8-6-9(18-7-8)3-4-11(15)14-5-1-2-10(14)12(16)17/h6-7,10H,1-5H2,(H,16,17). The Morgan fingerprint density at radius 2 is 2.33 bits per heavy atom. The molecule has 98 valence electrons. The van der Waals surface area contributed by atoms with Crippen molar-refractivity contribution < 1.29 is 14.7 Å². The van der Waals surface area contributed by atoms with Crippen molar-refractivity contribution in [1.29, 1.82) is 0 Å². The molecule has 1 aromatic rings. The van der Waals surface area contributed by atoms with Gasteiger partial charge in [-0.15, -0.1) is 11.3 Å². The van der Waals surface area contributed by atoms with Gasteiger partial charge in [0, 0.05) is 27.7 Å². The van der Waals surface area contributed by atoms with Crippen LogP contribution in [0, 0.1) is 0 Å². The maximum Gasteiger partial charge on any atom is 0.326 e. The summed E-state index contributed by atoms with van der Waals surface area (Å²) in [6.07, 6.45) is 2.42. The molecule has 18 heavy (non-hydrogen) atoms. The van der Waals surface area contributed by atoms with E-state index >= 15 is 0 Å².